The molecule has 6 nitrogen and oxygen atoms in total. The number of aliphatic hydroxyl groups excluding tert-OH is 1. The fraction of sp³-hybridized carbons (Fsp3) is 0.917. The minimum absolute atomic E-state index is 0.174. The van der Waals surface area contributed by atoms with Crippen LogP contribution >= 0.6 is 0 Å². The van der Waals surface area contributed by atoms with Gasteiger partial charge < -0.3 is 25.2 Å². The number of rotatable bonds is 3. The van der Waals surface area contributed by atoms with Gasteiger partial charge in [-0.1, -0.05) is 0 Å². The van der Waals surface area contributed by atoms with Crippen LogP contribution in [0.15, 0.2) is 0 Å². The van der Waals surface area contributed by atoms with Gasteiger partial charge in [-0.05, 0) is 27.2 Å². The van der Waals surface area contributed by atoms with Crippen LogP contribution < -0.4 is 5.73 Å². The second-order valence-corrected chi connectivity index (χ2v) is 5.53. The molecule has 2 atom stereocenters. The second-order valence-electron chi connectivity index (χ2n) is 5.53. The van der Waals surface area contributed by atoms with Gasteiger partial charge in [0.1, 0.15) is 5.60 Å². The van der Waals surface area contributed by atoms with Gasteiger partial charge in [0.15, 0.2) is 0 Å². The maximum atomic E-state index is 12.0. The second kappa shape index (κ2) is 6.36. The minimum atomic E-state index is -0.623. The van der Waals surface area contributed by atoms with Gasteiger partial charge in [0.2, 0.25) is 0 Å². The first-order valence-corrected chi connectivity index (χ1v) is 6.29. The number of carbonyl (C=O) groups is 1. The summed E-state index contributed by atoms with van der Waals surface area (Å²) in [6.07, 6.45) is -0.572. The first-order chi connectivity index (χ1) is 8.33. The third-order valence-corrected chi connectivity index (χ3v) is 2.67. The van der Waals surface area contributed by atoms with Gasteiger partial charge in [-0.2, -0.15) is 0 Å². The van der Waals surface area contributed by atoms with Crippen LogP contribution in [0.25, 0.3) is 0 Å². The van der Waals surface area contributed by atoms with E-state index in [0.717, 1.165) is 0 Å². The highest BCUT2D eigenvalue weighted by molar-refractivity contribution is 5.68. The van der Waals surface area contributed by atoms with E-state index >= 15 is 0 Å². The molecule has 2 unspecified atom stereocenters. The van der Waals surface area contributed by atoms with Crippen LogP contribution in [-0.4, -0.2) is 60.1 Å². The zero-order valence-corrected chi connectivity index (χ0v) is 11.4. The quantitative estimate of drug-likeness (QED) is 0.764. The number of nitrogens with zero attached hydrogens (tertiary/aromatic N) is 1. The van der Waals surface area contributed by atoms with E-state index in [-0.39, 0.29) is 18.7 Å². The third kappa shape index (κ3) is 4.80. The van der Waals surface area contributed by atoms with Gasteiger partial charge in [0.05, 0.1) is 25.4 Å². The standard InChI is InChI=1S/C12H24N2O4/c1-12(2,3)18-11(16)14-4-5-17-8-9(14)6-10(15)7-13/h9-10,15H,4-8,13H2,1-3H3. The summed E-state index contributed by atoms with van der Waals surface area (Å²) in [7, 11) is 0. The summed E-state index contributed by atoms with van der Waals surface area (Å²) in [6.45, 7) is 7.06. The summed E-state index contributed by atoms with van der Waals surface area (Å²) in [5, 5.41) is 9.58. The molecule has 0 aromatic heterocycles. The molecule has 1 aliphatic rings. The van der Waals surface area contributed by atoms with Crippen LogP contribution in [0.5, 0.6) is 0 Å². The third-order valence-electron chi connectivity index (χ3n) is 2.67. The molecule has 0 spiro atoms. The fourth-order valence-electron chi connectivity index (χ4n) is 1.82. The van der Waals surface area contributed by atoms with E-state index in [9.17, 15) is 9.90 Å². The first-order valence-electron chi connectivity index (χ1n) is 6.29. The molecule has 0 saturated carbocycles. The van der Waals surface area contributed by atoms with Gasteiger partial charge in [-0.25, -0.2) is 4.79 Å². The Bertz CT molecular complexity index is 278. The zero-order chi connectivity index (χ0) is 13.8. The van der Waals surface area contributed by atoms with Crippen LogP contribution in [-0.2, 0) is 9.47 Å². The predicted octanol–water partition coefficient (Wildman–Crippen LogP) is 0.332. The van der Waals surface area contributed by atoms with Gasteiger partial charge in [0.25, 0.3) is 0 Å². The normalized spacial score (nSPS) is 22.7. The largest absolute Gasteiger partial charge is 0.444 e. The van der Waals surface area contributed by atoms with E-state index in [1.807, 2.05) is 20.8 Å². The van der Waals surface area contributed by atoms with Crippen LogP contribution in [0.1, 0.15) is 27.2 Å². The van der Waals surface area contributed by atoms with Crippen molar-refractivity contribution in [1.82, 2.24) is 4.90 Å². The van der Waals surface area contributed by atoms with Gasteiger partial charge in [-0.15, -0.1) is 0 Å². The Morgan fingerprint density at radius 2 is 2.28 bits per heavy atom. The molecule has 18 heavy (non-hydrogen) atoms. The average Bonchev–Trinajstić information content (AvgIpc) is 2.27. The Balaban J connectivity index is 2.61. The van der Waals surface area contributed by atoms with E-state index < -0.39 is 11.7 Å². The number of morpholine rings is 1. The maximum Gasteiger partial charge on any atom is 0.410 e. The molecule has 1 rings (SSSR count). The lowest BCUT2D eigenvalue weighted by Gasteiger charge is -2.37. The van der Waals surface area contributed by atoms with Crippen molar-refractivity contribution in [3.05, 3.63) is 0 Å². The fourth-order valence-corrected chi connectivity index (χ4v) is 1.82. The molecular weight excluding hydrogens is 236 g/mol. The molecule has 0 bridgehead atoms. The number of hydrogen-bond donors (Lipinski definition) is 2. The number of amides is 1. The van der Waals surface area contributed by atoms with Crippen molar-refractivity contribution in [3.8, 4) is 0 Å². The molecular formula is C12H24N2O4. The summed E-state index contributed by atoms with van der Waals surface area (Å²) in [5.41, 5.74) is 4.87. The van der Waals surface area contributed by atoms with Crippen LogP contribution in [0, 0.1) is 0 Å². The summed E-state index contributed by atoms with van der Waals surface area (Å²) in [6, 6.07) is -0.174. The minimum Gasteiger partial charge on any atom is -0.444 e. The van der Waals surface area contributed by atoms with E-state index in [2.05, 4.69) is 0 Å². The Hall–Kier alpha value is -0.850. The van der Waals surface area contributed by atoms with Crippen molar-refractivity contribution in [2.45, 2.75) is 44.9 Å². The molecule has 1 saturated heterocycles. The van der Waals surface area contributed by atoms with Gasteiger partial charge >= 0.3 is 6.09 Å². The first kappa shape index (κ1) is 15.2. The monoisotopic (exact) mass is 260 g/mol. The number of aliphatic hydroxyl groups is 1. The molecule has 0 aromatic carbocycles. The summed E-state index contributed by atoms with van der Waals surface area (Å²) in [4.78, 5) is 13.6. The smallest absolute Gasteiger partial charge is 0.410 e. The summed E-state index contributed by atoms with van der Waals surface area (Å²) < 4.78 is 10.7. The maximum absolute atomic E-state index is 12.0. The van der Waals surface area contributed by atoms with Crippen molar-refractivity contribution in [2.75, 3.05) is 26.3 Å². The molecule has 106 valence electrons. The molecule has 6 heteroatoms. The lowest BCUT2D eigenvalue weighted by Crippen LogP contribution is -2.51. The van der Waals surface area contributed by atoms with Crippen LogP contribution in [0.4, 0.5) is 4.79 Å². The van der Waals surface area contributed by atoms with Crippen molar-refractivity contribution in [3.63, 3.8) is 0 Å². The topological polar surface area (TPSA) is 85.0 Å². The van der Waals surface area contributed by atoms with Gasteiger partial charge in [-0.3, -0.25) is 0 Å². The Kier molecular flexibility index (Phi) is 5.37. The average molecular weight is 260 g/mol. The number of nitrogens with two attached hydrogens (primary N) is 1. The van der Waals surface area contributed by atoms with Crippen molar-refractivity contribution < 1.29 is 19.4 Å². The van der Waals surface area contributed by atoms with E-state index in [0.29, 0.717) is 26.2 Å². The SMILES string of the molecule is CC(C)(C)OC(=O)N1CCOCC1CC(O)CN. The van der Waals surface area contributed by atoms with E-state index in [1.165, 1.54) is 0 Å². The van der Waals surface area contributed by atoms with Gasteiger partial charge in [0, 0.05) is 13.1 Å². The van der Waals surface area contributed by atoms with Crippen molar-refractivity contribution in [1.29, 1.82) is 0 Å². The summed E-state index contributed by atoms with van der Waals surface area (Å²) in [5.74, 6) is 0. The predicted molar refractivity (Wildman–Crippen MR) is 67.2 cm³/mol. The molecule has 1 fully saturated rings. The highest BCUT2D eigenvalue weighted by atomic mass is 16.6. The highest BCUT2D eigenvalue weighted by Gasteiger charge is 2.31. The molecule has 3 N–H and O–H groups in total. The lowest BCUT2D eigenvalue weighted by molar-refractivity contribution is -0.0421. The zero-order valence-electron chi connectivity index (χ0n) is 11.4. The number of carbonyl (C=O) groups excluding carboxylic acids is 1. The molecule has 0 aliphatic carbocycles. The van der Waals surface area contributed by atoms with E-state index in [4.69, 9.17) is 15.2 Å². The van der Waals surface area contributed by atoms with Crippen molar-refractivity contribution in [2.24, 2.45) is 5.73 Å². The molecule has 1 aliphatic heterocycles. The molecule has 0 aromatic rings. The van der Waals surface area contributed by atoms with Crippen LogP contribution in [0.2, 0.25) is 0 Å². The lowest BCUT2D eigenvalue weighted by atomic mass is 10.1. The molecule has 0 radical (unpaired) electrons. The summed E-state index contributed by atoms with van der Waals surface area (Å²) >= 11 is 0. The van der Waals surface area contributed by atoms with Crippen molar-refractivity contribution >= 4 is 6.09 Å². The van der Waals surface area contributed by atoms with E-state index in [1.54, 1.807) is 4.90 Å². The van der Waals surface area contributed by atoms with Crippen LogP contribution in [0.3, 0.4) is 0 Å². The Labute approximate surface area is 108 Å². The number of hydrogen-bond acceptors (Lipinski definition) is 5. The number of ether oxygens (including phenoxy) is 2. The Morgan fingerprint density at radius 3 is 2.83 bits per heavy atom. The highest BCUT2D eigenvalue weighted by Crippen LogP contribution is 2.17. The Morgan fingerprint density at radius 1 is 1.61 bits per heavy atom. The molecule has 1 amide bonds. The molecule has 1 heterocycles.